The van der Waals surface area contributed by atoms with E-state index < -0.39 is 12.1 Å². The third kappa shape index (κ3) is 69.1. The highest BCUT2D eigenvalue weighted by Crippen LogP contribution is 2.19. The number of allylic oxidation sites excluding steroid dienone is 5. The normalized spacial score (nSPS) is 12.7. The van der Waals surface area contributed by atoms with E-state index in [0.717, 1.165) is 44.9 Å². The van der Waals surface area contributed by atoms with Crippen LogP contribution in [-0.4, -0.2) is 47.4 Å². The van der Waals surface area contributed by atoms with Crippen molar-refractivity contribution in [3.63, 3.8) is 0 Å². The molecule has 0 bridgehead atoms. The molecule has 2 atom stereocenters. The minimum Gasteiger partial charge on any atom is -0.466 e. The van der Waals surface area contributed by atoms with E-state index in [4.69, 9.17) is 4.74 Å². The zero-order valence-electron chi connectivity index (χ0n) is 56.2. The summed E-state index contributed by atoms with van der Waals surface area (Å²) in [7, 11) is 0. The van der Waals surface area contributed by atoms with Crippen molar-refractivity contribution < 1.29 is 24.5 Å². The lowest BCUT2D eigenvalue weighted by Gasteiger charge is -2.20. The highest BCUT2D eigenvalue weighted by atomic mass is 16.5. The van der Waals surface area contributed by atoms with E-state index in [-0.39, 0.29) is 18.5 Å². The number of rotatable bonds is 71. The first-order chi connectivity index (χ1) is 41.0. The number of carbonyl (C=O) groups is 2. The quantitative estimate of drug-likeness (QED) is 0.0320. The van der Waals surface area contributed by atoms with Crippen LogP contribution >= 0.6 is 0 Å². The Morgan fingerprint density at radius 2 is 0.602 bits per heavy atom. The molecule has 0 aliphatic heterocycles. The Kier molecular flexibility index (Phi) is 70.9. The van der Waals surface area contributed by atoms with Gasteiger partial charge in [0.05, 0.1) is 25.4 Å². The highest BCUT2D eigenvalue weighted by molar-refractivity contribution is 5.76. The molecule has 6 nitrogen and oxygen atoms in total. The molecular weight excluding hydrogens is 1020 g/mol. The zero-order chi connectivity index (χ0) is 59.9. The summed E-state index contributed by atoms with van der Waals surface area (Å²) in [4.78, 5) is 24.6. The van der Waals surface area contributed by atoms with Gasteiger partial charge in [0.15, 0.2) is 0 Å². The van der Waals surface area contributed by atoms with Gasteiger partial charge in [-0.15, -0.1) is 0 Å². The number of hydrogen-bond donors (Lipinski definition) is 3. The van der Waals surface area contributed by atoms with E-state index in [0.29, 0.717) is 19.4 Å². The van der Waals surface area contributed by atoms with Gasteiger partial charge >= 0.3 is 5.97 Å². The van der Waals surface area contributed by atoms with Crippen molar-refractivity contribution >= 4 is 11.9 Å². The molecule has 0 radical (unpaired) electrons. The molecule has 490 valence electrons. The van der Waals surface area contributed by atoms with Gasteiger partial charge in [-0.25, -0.2) is 0 Å². The van der Waals surface area contributed by atoms with E-state index in [1.54, 1.807) is 6.08 Å². The number of unbranched alkanes of at least 4 members (excludes halogenated alkanes) is 56. The molecule has 6 heteroatoms. The lowest BCUT2D eigenvalue weighted by atomic mass is 10.0. The summed E-state index contributed by atoms with van der Waals surface area (Å²) >= 11 is 0. The number of amides is 1. The van der Waals surface area contributed by atoms with Crippen LogP contribution in [0.1, 0.15) is 418 Å². The first kappa shape index (κ1) is 81.1. The van der Waals surface area contributed by atoms with Crippen molar-refractivity contribution in [1.82, 2.24) is 5.32 Å². The summed E-state index contributed by atoms with van der Waals surface area (Å²) in [5.74, 6) is -0.0441. The van der Waals surface area contributed by atoms with Crippen molar-refractivity contribution in [2.24, 2.45) is 0 Å². The Hall–Kier alpha value is -1.92. The van der Waals surface area contributed by atoms with Crippen LogP contribution in [0.3, 0.4) is 0 Å². The van der Waals surface area contributed by atoms with Gasteiger partial charge in [-0.05, 0) is 64.2 Å². The Bertz CT molecular complexity index is 1340. The first-order valence-corrected chi connectivity index (χ1v) is 37.8. The standard InChI is InChI=1S/C77H147NO5/c1-3-5-7-9-11-13-15-17-18-19-37-40-43-46-49-53-57-61-65-69-75(80)74(73-79)78-76(81)70-66-62-58-54-50-47-44-41-38-35-33-31-29-27-25-23-21-20-22-24-26-28-30-32-34-36-39-42-45-48-52-56-60-64-68-72-83-77(82)71-67-63-59-55-51-16-14-12-10-8-6-4-2/h22,24,28,30,65,69,74-75,79-80H,3-21,23,25-27,29,31-64,66-68,70-73H2,1-2H3,(H,78,81)/b24-22-,30-28-,69-65+. The van der Waals surface area contributed by atoms with Crippen molar-refractivity contribution in [3.05, 3.63) is 36.5 Å². The third-order valence-electron chi connectivity index (χ3n) is 17.7. The molecule has 0 heterocycles. The van der Waals surface area contributed by atoms with Crippen molar-refractivity contribution in [3.8, 4) is 0 Å². The average Bonchev–Trinajstić information content (AvgIpc) is 3.49. The van der Waals surface area contributed by atoms with E-state index in [9.17, 15) is 19.8 Å². The molecule has 0 aliphatic carbocycles. The van der Waals surface area contributed by atoms with Gasteiger partial charge in [-0.3, -0.25) is 9.59 Å². The smallest absolute Gasteiger partial charge is 0.305 e. The van der Waals surface area contributed by atoms with Gasteiger partial charge < -0.3 is 20.3 Å². The van der Waals surface area contributed by atoms with Gasteiger partial charge in [0.1, 0.15) is 0 Å². The van der Waals surface area contributed by atoms with E-state index in [1.165, 1.54) is 347 Å². The van der Waals surface area contributed by atoms with Gasteiger partial charge in [0, 0.05) is 12.8 Å². The van der Waals surface area contributed by atoms with Crippen LogP contribution in [0.5, 0.6) is 0 Å². The number of aliphatic hydroxyl groups is 2. The number of ether oxygens (including phenoxy) is 1. The van der Waals surface area contributed by atoms with E-state index >= 15 is 0 Å². The maximum absolute atomic E-state index is 12.5. The fraction of sp³-hybridized carbons (Fsp3) is 0.896. The average molecular weight is 1170 g/mol. The summed E-state index contributed by atoms with van der Waals surface area (Å²) in [5, 5.41) is 23.2. The Labute approximate surface area is 519 Å². The zero-order valence-corrected chi connectivity index (χ0v) is 56.2. The SMILES string of the molecule is CCCCCCCCCCCCCCCCCCC/C=C/C(O)C(CO)NC(=O)CCCCCCCCCCCCCCCCCCC/C=C\C/C=C\CCCCCCCCCCCCCOC(=O)CCCCCCCCCCCCCC. The van der Waals surface area contributed by atoms with Crippen LogP contribution in [0.15, 0.2) is 36.5 Å². The molecule has 0 aliphatic rings. The van der Waals surface area contributed by atoms with E-state index in [2.05, 4.69) is 43.5 Å². The molecule has 2 unspecified atom stereocenters. The lowest BCUT2D eigenvalue weighted by molar-refractivity contribution is -0.143. The van der Waals surface area contributed by atoms with Crippen molar-refractivity contribution in [2.75, 3.05) is 13.2 Å². The summed E-state index contributed by atoms with van der Waals surface area (Å²) in [5.41, 5.74) is 0. The molecule has 3 N–H and O–H groups in total. The molecule has 0 aromatic carbocycles. The number of hydrogen-bond acceptors (Lipinski definition) is 5. The maximum Gasteiger partial charge on any atom is 0.305 e. The molecule has 0 fully saturated rings. The van der Waals surface area contributed by atoms with Crippen LogP contribution in [0, 0.1) is 0 Å². The predicted molar refractivity (Wildman–Crippen MR) is 366 cm³/mol. The first-order valence-electron chi connectivity index (χ1n) is 37.8. The number of esters is 1. The third-order valence-corrected chi connectivity index (χ3v) is 17.7. The summed E-state index contributed by atoms with van der Waals surface area (Å²) in [6.07, 6.45) is 93.9. The van der Waals surface area contributed by atoms with Crippen molar-refractivity contribution in [1.29, 1.82) is 0 Å². The summed E-state index contributed by atoms with van der Waals surface area (Å²) < 4.78 is 5.48. The second kappa shape index (κ2) is 72.6. The number of carbonyl (C=O) groups excluding carboxylic acids is 2. The molecule has 0 rings (SSSR count). The van der Waals surface area contributed by atoms with Gasteiger partial charge in [0.2, 0.25) is 5.91 Å². The molecule has 1 amide bonds. The minimum absolute atomic E-state index is 0.0177. The topological polar surface area (TPSA) is 95.9 Å². The van der Waals surface area contributed by atoms with Gasteiger partial charge in [-0.1, -0.05) is 378 Å². The molecule has 0 saturated heterocycles. The Balaban J connectivity index is 3.39. The fourth-order valence-electron chi connectivity index (χ4n) is 11.9. The summed E-state index contributed by atoms with van der Waals surface area (Å²) in [6.45, 7) is 4.94. The largest absolute Gasteiger partial charge is 0.466 e. The van der Waals surface area contributed by atoms with Crippen LogP contribution in [-0.2, 0) is 14.3 Å². The molecule has 83 heavy (non-hydrogen) atoms. The predicted octanol–water partition coefficient (Wildman–Crippen LogP) is 24.7. The molecule has 0 spiro atoms. The van der Waals surface area contributed by atoms with E-state index in [1.807, 2.05) is 6.08 Å². The number of aliphatic hydroxyl groups excluding tert-OH is 2. The highest BCUT2D eigenvalue weighted by Gasteiger charge is 2.18. The van der Waals surface area contributed by atoms with Crippen LogP contribution in [0.2, 0.25) is 0 Å². The van der Waals surface area contributed by atoms with Crippen LogP contribution in [0.4, 0.5) is 0 Å². The fourth-order valence-corrected chi connectivity index (χ4v) is 11.9. The Morgan fingerprint density at radius 1 is 0.337 bits per heavy atom. The second-order valence-electron chi connectivity index (χ2n) is 26.0. The summed E-state index contributed by atoms with van der Waals surface area (Å²) in [6, 6.07) is -0.627. The van der Waals surface area contributed by atoms with Crippen molar-refractivity contribution in [2.45, 2.75) is 431 Å². The second-order valence-corrected chi connectivity index (χ2v) is 26.0. The maximum atomic E-state index is 12.5. The van der Waals surface area contributed by atoms with Gasteiger partial charge in [-0.2, -0.15) is 0 Å². The minimum atomic E-state index is -0.844. The number of nitrogens with one attached hydrogen (secondary N) is 1. The monoisotopic (exact) mass is 1170 g/mol. The molecule has 0 aromatic heterocycles. The molecule has 0 aromatic rings. The lowest BCUT2D eigenvalue weighted by Crippen LogP contribution is -2.45. The van der Waals surface area contributed by atoms with Gasteiger partial charge in [0.25, 0.3) is 0 Å². The molecular formula is C77H147NO5. The Morgan fingerprint density at radius 3 is 0.916 bits per heavy atom. The molecule has 0 saturated carbocycles. The van der Waals surface area contributed by atoms with Crippen LogP contribution < -0.4 is 5.32 Å². The van der Waals surface area contributed by atoms with Crippen LogP contribution in [0.25, 0.3) is 0 Å².